The summed E-state index contributed by atoms with van der Waals surface area (Å²) in [7, 11) is 0. The molecule has 0 saturated carbocycles. The molecular formula is C18H22N4O2. The van der Waals surface area contributed by atoms with Gasteiger partial charge in [-0.15, -0.1) is 0 Å². The van der Waals surface area contributed by atoms with E-state index in [1.807, 2.05) is 24.8 Å². The lowest BCUT2D eigenvalue weighted by atomic mass is 10.0. The first kappa shape index (κ1) is 16.5. The van der Waals surface area contributed by atoms with Crippen molar-refractivity contribution in [3.05, 3.63) is 53.4 Å². The topological polar surface area (TPSA) is 68.2 Å². The number of pyridine rings is 1. The highest BCUT2D eigenvalue weighted by molar-refractivity contribution is 5.94. The zero-order valence-corrected chi connectivity index (χ0v) is 14.1. The third-order valence-corrected chi connectivity index (χ3v) is 4.31. The second-order valence-corrected chi connectivity index (χ2v) is 6.11. The quantitative estimate of drug-likeness (QED) is 0.859. The fourth-order valence-electron chi connectivity index (χ4n) is 2.98. The molecule has 2 aromatic heterocycles. The summed E-state index contributed by atoms with van der Waals surface area (Å²) in [5, 5.41) is 0. The Hall–Kier alpha value is -2.34. The first-order chi connectivity index (χ1) is 11.6. The summed E-state index contributed by atoms with van der Waals surface area (Å²) in [5.41, 5.74) is 3.54. The van der Waals surface area contributed by atoms with Crippen LogP contribution in [0.15, 0.2) is 30.9 Å². The van der Waals surface area contributed by atoms with Gasteiger partial charge in [-0.25, -0.2) is 0 Å². The molecule has 1 amide bonds. The Balaban J connectivity index is 1.71. The van der Waals surface area contributed by atoms with Crippen LogP contribution in [0.25, 0.3) is 0 Å². The van der Waals surface area contributed by atoms with Crippen molar-refractivity contribution in [1.82, 2.24) is 19.9 Å². The number of aromatic nitrogens is 3. The van der Waals surface area contributed by atoms with E-state index < -0.39 is 0 Å². The van der Waals surface area contributed by atoms with Crippen molar-refractivity contribution in [3.8, 4) is 0 Å². The number of aryl methyl sites for hydroxylation is 3. The van der Waals surface area contributed by atoms with Crippen LogP contribution in [0.1, 0.15) is 33.7 Å². The maximum Gasteiger partial charge on any atom is 0.255 e. The summed E-state index contributed by atoms with van der Waals surface area (Å²) in [6, 6.07) is 1.93. The van der Waals surface area contributed by atoms with Crippen LogP contribution < -0.4 is 0 Å². The second kappa shape index (κ2) is 7.49. The van der Waals surface area contributed by atoms with Crippen LogP contribution in [0, 0.1) is 13.8 Å². The molecule has 3 rings (SSSR count). The third-order valence-electron chi connectivity index (χ3n) is 4.31. The van der Waals surface area contributed by atoms with Gasteiger partial charge in [0.25, 0.3) is 5.91 Å². The molecule has 0 radical (unpaired) electrons. The minimum Gasteiger partial charge on any atom is -0.377 e. The Morgan fingerprint density at radius 2 is 2.12 bits per heavy atom. The predicted octanol–water partition coefficient (Wildman–Crippen LogP) is 1.96. The normalized spacial score (nSPS) is 17.8. The predicted molar refractivity (Wildman–Crippen MR) is 89.7 cm³/mol. The number of hydrogen-bond donors (Lipinski definition) is 0. The Morgan fingerprint density at radius 1 is 1.29 bits per heavy atom. The third kappa shape index (κ3) is 3.76. The monoisotopic (exact) mass is 326 g/mol. The molecule has 24 heavy (non-hydrogen) atoms. The molecule has 6 heteroatoms. The molecule has 0 aliphatic carbocycles. The van der Waals surface area contributed by atoms with Gasteiger partial charge in [0.2, 0.25) is 0 Å². The van der Waals surface area contributed by atoms with Crippen LogP contribution in [0.2, 0.25) is 0 Å². The average Bonchev–Trinajstić information content (AvgIpc) is 2.61. The smallest absolute Gasteiger partial charge is 0.255 e. The highest BCUT2D eigenvalue weighted by Crippen LogP contribution is 2.17. The van der Waals surface area contributed by atoms with Crippen LogP contribution in [0.5, 0.6) is 0 Å². The summed E-state index contributed by atoms with van der Waals surface area (Å²) in [6.45, 7) is 5.64. The molecule has 2 aromatic rings. The summed E-state index contributed by atoms with van der Waals surface area (Å²) in [6.07, 6.45) is 8.39. The lowest BCUT2D eigenvalue weighted by Gasteiger charge is -2.35. The van der Waals surface area contributed by atoms with E-state index in [0.29, 0.717) is 25.3 Å². The average molecular weight is 326 g/mol. The van der Waals surface area contributed by atoms with Gasteiger partial charge in [0.1, 0.15) is 0 Å². The lowest BCUT2D eigenvalue weighted by Crippen LogP contribution is -2.49. The van der Waals surface area contributed by atoms with E-state index in [0.717, 1.165) is 29.8 Å². The van der Waals surface area contributed by atoms with Gasteiger partial charge >= 0.3 is 0 Å². The minimum atomic E-state index is 0.0235. The number of hydrogen-bond acceptors (Lipinski definition) is 5. The van der Waals surface area contributed by atoms with Crippen molar-refractivity contribution < 1.29 is 9.53 Å². The van der Waals surface area contributed by atoms with E-state index in [4.69, 9.17) is 4.74 Å². The molecule has 1 aliphatic heterocycles. The number of nitrogens with zero attached hydrogens (tertiary/aromatic N) is 4. The summed E-state index contributed by atoms with van der Waals surface area (Å²) < 4.78 is 5.60. The number of amides is 1. The molecule has 6 nitrogen and oxygen atoms in total. The highest BCUT2D eigenvalue weighted by atomic mass is 16.5. The molecular weight excluding hydrogens is 304 g/mol. The van der Waals surface area contributed by atoms with E-state index >= 15 is 0 Å². The Labute approximate surface area is 141 Å². The molecule has 0 spiro atoms. The maximum atomic E-state index is 12.8. The summed E-state index contributed by atoms with van der Waals surface area (Å²) in [4.78, 5) is 27.5. The Bertz CT molecular complexity index is 720. The number of rotatable bonds is 4. The maximum absolute atomic E-state index is 12.8. The van der Waals surface area contributed by atoms with Gasteiger partial charge in [0.15, 0.2) is 0 Å². The number of carbonyl (C=O) groups excluding carboxylic acids is 1. The highest BCUT2D eigenvalue weighted by Gasteiger charge is 2.28. The molecule has 1 atom stereocenters. The van der Waals surface area contributed by atoms with Crippen molar-refractivity contribution in [2.24, 2.45) is 0 Å². The van der Waals surface area contributed by atoms with Crippen LogP contribution in [0.4, 0.5) is 0 Å². The largest absolute Gasteiger partial charge is 0.377 e. The number of morpholine rings is 1. The zero-order chi connectivity index (χ0) is 16.9. The van der Waals surface area contributed by atoms with Crippen molar-refractivity contribution >= 4 is 5.91 Å². The van der Waals surface area contributed by atoms with Crippen molar-refractivity contribution in [3.63, 3.8) is 0 Å². The Kier molecular flexibility index (Phi) is 5.15. The van der Waals surface area contributed by atoms with Crippen molar-refractivity contribution in [2.45, 2.75) is 32.7 Å². The molecule has 0 N–H and O–H groups in total. The van der Waals surface area contributed by atoms with Crippen LogP contribution in [-0.2, 0) is 11.2 Å². The number of carbonyl (C=O) groups is 1. The van der Waals surface area contributed by atoms with Gasteiger partial charge in [0, 0.05) is 31.3 Å². The minimum absolute atomic E-state index is 0.0235. The molecule has 0 bridgehead atoms. The molecule has 3 heterocycles. The van der Waals surface area contributed by atoms with E-state index in [-0.39, 0.29) is 11.9 Å². The van der Waals surface area contributed by atoms with E-state index in [9.17, 15) is 4.79 Å². The summed E-state index contributed by atoms with van der Waals surface area (Å²) >= 11 is 0. The fourth-order valence-corrected chi connectivity index (χ4v) is 2.98. The molecule has 126 valence electrons. The first-order valence-corrected chi connectivity index (χ1v) is 8.22. The lowest BCUT2D eigenvalue weighted by molar-refractivity contribution is -0.00416. The van der Waals surface area contributed by atoms with E-state index in [2.05, 4.69) is 15.0 Å². The van der Waals surface area contributed by atoms with Gasteiger partial charge in [-0.05, 0) is 38.3 Å². The van der Waals surface area contributed by atoms with Gasteiger partial charge < -0.3 is 9.64 Å². The van der Waals surface area contributed by atoms with E-state index in [1.165, 1.54) is 0 Å². The molecule has 1 aliphatic rings. The van der Waals surface area contributed by atoms with Gasteiger partial charge in [-0.3, -0.25) is 19.7 Å². The zero-order valence-electron chi connectivity index (χ0n) is 14.1. The van der Waals surface area contributed by atoms with Crippen molar-refractivity contribution in [2.75, 3.05) is 19.8 Å². The van der Waals surface area contributed by atoms with Crippen molar-refractivity contribution in [1.29, 1.82) is 0 Å². The van der Waals surface area contributed by atoms with Crippen LogP contribution in [-0.4, -0.2) is 51.6 Å². The molecule has 0 unspecified atom stereocenters. The molecule has 1 saturated heterocycles. The van der Waals surface area contributed by atoms with Gasteiger partial charge in [-0.1, -0.05) is 0 Å². The second-order valence-electron chi connectivity index (χ2n) is 6.11. The Morgan fingerprint density at radius 3 is 2.92 bits per heavy atom. The summed E-state index contributed by atoms with van der Waals surface area (Å²) in [5.74, 6) is 0.0235. The fraction of sp³-hybridized carbons (Fsp3) is 0.444. The molecule has 0 aromatic carbocycles. The van der Waals surface area contributed by atoms with Gasteiger partial charge in [-0.2, -0.15) is 0 Å². The first-order valence-electron chi connectivity index (χ1n) is 8.22. The SMILES string of the molecule is Cc1cncc(C(=O)N2CCOC[C@H]2CCc2nccnc2C)c1. The van der Waals surface area contributed by atoms with Crippen LogP contribution in [0.3, 0.4) is 0 Å². The standard InChI is InChI=1S/C18H22N4O2/c1-13-9-15(11-19-10-13)18(23)22-7-8-24-12-16(22)3-4-17-14(2)20-5-6-21-17/h5-6,9-11,16H,3-4,7-8,12H2,1-2H3/t16-/m1/s1. The van der Waals surface area contributed by atoms with E-state index in [1.54, 1.807) is 24.8 Å². The molecule has 1 fully saturated rings. The number of ether oxygens (including phenoxy) is 1. The van der Waals surface area contributed by atoms with Gasteiger partial charge in [0.05, 0.1) is 36.2 Å². The van der Waals surface area contributed by atoms with Crippen LogP contribution >= 0.6 is 0 Å².